The molecule has 0 aliphatic heterocycles. The molecule has 0 saturated heterocycles. The molecule has 2 aromatic rings. The summed E-state index contributed by atoms with van der Waals surface area (Å²) in [7, 11) is 0. The molecule has 4 heteroatoms. The van der Waals surface area contributed by atoms with Crippen molar-refractivity contribution in [2.24, 2.45) is 0 Å². The summed E-state index contributed by atoms with van der Waals surface area (Å²) < 4.78 is 0. The van der Waals surface area contributed by atoms with Gasteiger partial charge in [0.05, 0.1) is 5.52 Å². The second-order valence-electron chi connectivity index (χ2n) is 3.42. The van der Waals surface area contributed by atoms with E-state index in [-0.39, 0.29) is 11.4 Å². The second-order valence-corrected chi connectivity index (χ2v) is 3.42. The first-order chi connectivity index (χ1) is 7.11. The van der Waals surface area contributed by atoms with Crippen LogP contribution in [0.3, 0.4) is 0 Å². The van der Waals surface area contributed by atoms with E-state index in [9.17, 15) is 9.90 Å². The summed E-state index contributed by atoms with van der Waals surface area (Å²) in [4.78, 5) is 13.5. The molecule has 0 saturated carbocycles. The van der Waals surface area contributed by atoms with Gasteiger partial charge in [-0.15, -0.1) is 0 Å². The fourth-order valence-electron chi connectivity index (χ4n) is 1.60. The predicted octanol–water partition coefficient (Wildman–Crippen LogP) is 2.13. The van der Waals surface area contributed by atoms with E-state index < -0.39 is 5.97 Å². The molecule has 2 rings (SSSR count). The Balaban J connectivity index is 2.69. The number of hydrogen-bond donors (Lipinski definition) is 3. The van der Waals surface area contributed by atoms with Crippen LogP contribution in [-0.4, -0.2) is 21.2 Å². The molecule has 3 N–H and O–H groups in total. The van der Waals surface area contributed by atoms with Crippen LogP contribution in [0.5, 0.6) is 5.75 Å². The van der Waals surface area contributed by atoms with Crippen LogP contribution in [0.25, 0.3) is 10.9 Å². The SMILES string of the molecule is CCc1cc(O)c2cc(C(=O)O)[nH]c2c1. The summed E-state index contributed by atoms with van der Waals surface area (Å²) in [5.74, 6) is -0.906. The monoisotopic (exact) mass is 205 g/mol. The molecule has 78 valence electrons. The van der Waals surface area contributed by atoms with Gasteiger partial charge in [0, 0.05) is 5.39 Å². The van der Waals surface area contributed by atoms with Gasteiger partial charge in [-0.25, -0.2) is 4.79 Å². The van der Waals surface area contributed by atoms with E-state index in [2.05, 4.69) is 4.98 Å². The summed E-state index contributed by atoms with van der Waals surface area (Å²) in [5.41, 5.74) is 1.72. The van der Waals surface area contributed by atoms with Crippen LogP contribution in [0.1, 0.15) is 23.0 Å². The molecule has 4 nitrogen and oxygen atoms in total. The zero-order valence-corrected chi connectivity index (χ0v) is 8.24. The average molecular weight is 205 g/mol. The number of carboxylic acid groups (broad SMARTS) is 1. The molecule has 0 fully saturated rings. The number of phenols is 1. The third-order valence-corrected chi connectivity index (χ3v) is 2.41. The minimum absolute atomic E-state index is 0.0913. The Hall–Kier alpha value is -1.97. The summed E-state index contributed by atoms with van der Waals surface area (Å²) in [6.07, 6.45) is 0.797. The van der Waals surface area contributed by atoms with Gasteiger partial charge in [-0.3, -0.25) is 0 Å². The first kappa shape index (κ1) is 9.58. The standard InChI is InChI=1S/C11H11NO3/c1-2-6-3-8-7(10(13)4-6)5-9(12-8)11(14)15/h3-5,12-13H,2H2,1H3,(H,14,15). The Kier molecular flexibility index (Phi) is 2.11. The molecule has 1 heterocycles. The number of H-pyrrole nitrogens is 1. The van der Waals surface area contributed by atoms with E-state index in [0.29, 0.717) is 10.9 Å². The van der Waals surface area contributed by atoms with Gasteiger partial charge >= 0.3 is 5.97 Å². The maximum atomic E-state index is 10.7. The first-order valence-electron chi connectivity index (χ1n) is 4.69. The third kappa shape index (κ3) is 1.54. The van der Waals surface area contributed by atoms with Crippen LogP contribution < -0.4 is 0 Å². The fourth-order valence-corrected chi connectivity index (χ4v) is 1.60. The zero-order valence-electron chi connectivity index (χ0n) is 8.24. The minimum Gasteiger partial charge on any atom is -0.507 e. The smallest absolute Gasteiger partial charge is 0.352 e. The lowest BCUT2D eigenvalue weighted by Gasteiger charge is -1.99. The average Bonchev–Trinajstić information content (AvgIpc) is 2.61. The number of carbonyl (C=O) groups is 1. The molecule has 0 aliphatic rings. The van der Waals surface area contributed by atoms with Gasteiger partial charge in [-0.2, -0.15) is 0 Å². The summed E-state index contributed by atoms with van der Waals surface area (Å²) in [6.45, 7) is 1.97. The van der Waals surface area contributed by atoms with E-state index in [0.717, 1.165) is 12.0 Å². The third-order valence-electron chi connectivity index (χ3n) is 2.41. The number of aromatic nitrogens is 1. The van der Waals surface area contributed by atoms with Crippen molar-refractivity contribution in [2.45, 2.75) is 13.3 Å². The summed E-state index contributed by atoms with van der Waals surface area (Å²) in [5, 5.41) is 19.0. The normalized spacial score (nSPS) is 10.7. The lowest BCUT2D eigenvalue weighted by Crippen LogP contribution is -1.94. The number of benzene rings is 1. The number of aromatic carboxylic acids is 1. The molecule has 0 bridgehead atoms. The molecule has 0 spiro atoms. The van der Waals surface area contributed by atoms with E-state index in [1.54, 1.807) is 6.07 Å². The van der Waals surface area contributed by atoms with Crippen LogP contribution >= 0.6 is 0 Å². The Bertz CT molecular complexity index is 528. The van der Waals surface area contributed by atoms with Crippen LogP contribution in [-0.2, 0) is 6.42 Å². The Morgan fingerprint density at radius 3 is 2.73 bits per heavy atom. The largest absolute Gasteiger partial charge is 0.507 e. The van der Waals surface area contributed by atoms with Gasteiger partial charge in [0.25, 0.3) is 0 Å². The van der Waals surface area contributed by atoms with Crippen molar-refractivity contribution >= 4 is 16.9 Å². The number of aromatic hydroxyl groups is 1. The van der Waals surface area contributed by atoms with Crippen LogP contribution in [0.2, 0.25) is 0 Å². The molecule has 0 unspecified atom stereocenters. The zero-order chi connectivity index (χ0) is 11.0. The number of rotatable bonds is 2. The van der Waals surface area contributed by atoms with Crippen molar-refractivity contribution in [3.63, 3.8) is 0 Å². The Morgan fingerprint density at radius 2 is 2.13 bits per heavy atom. The van der Waals surface area contributed by atoms with Gasteiger partial charge in [-0.1, -0.05) is 6.92 Å². The van der Waals surface area contributed by atoms with Gasteiger partial charge in [0.15, 0.2) is 0 Å². The number of hydrogen-bond acceptors (Lipinski definition) is 2. The van der Waals surface area contributed by atoms with E-state index in [1.807, 2.05) is 13.0 Å². The molecular formula is C11H11NO3. The van der Waals surface area contributed by atoms with Crippen LogP contribution in [0, 0.1) is 0 Å². The van der Waals surface area contributed by atoms with Gasteiger partial charge in [-0.05, 0) is 30.2 Å². The number of aromatic amines is 1. The fraction of sp³-hybridized carbons (Fsp3) is 0.182. The molecular weight excluding hydrogens is 194 g/mol. The number of nitrogens with one attached hydrogen (secondary N) is 1. The summed E-state index contributed by atoms with van der Waals surface area (Å²) in [6, 6.07) is 4.94. The number of aryl methyl sites for hydroxylation is 1. The lowest BCUT2D eigenvalue weighted by atomic mass is 10.1. The highest BCUT2D eigenvalue weighted by Crippen LogP contribution is 2.27. The molecule has 1 aromatic carbocycles. The van der Waals surface area contributed by atoms with Crippen molar-refractivity contribution in [3.05, 3.63) is 29.5 Å². The van der Waals surface area contributed by atoms with Crippen molar-refractivity contribution in [1.29, 1.82) is 0 Å². The molecule has 0 atom stereocenters. The molecule has 0 amide bonds. The van der Waals surface area contributed by atoms with Crippen molar-refractivity contribution in [1.82, 2.24) is 4.98 Å². The van der Waals surface area contributed by atoms with Crippen LogP contribution in [0.4, 0.5) is 0 Å². The highest BCUT2D eigenvalue weighted by Gasteiger charge is 2.10. The lowest BCUT2D eigenvalue weighted by molar-refractivity contribution is 0.0691. The maximum absolute atomic E-state index is 10.7. The number of phenolic OH excluding ortho intramolecular Hbond substituents is 1. The quantitative estimate of drug-likeness (QED) is 0.703. The highest BCUT2D eigenvalue weighted by atomic mass is 16.4. The van der Waals surface area contributed by atoms with Gasteiger partial charge in [0.2, 0.25) is 0 Å². The maximum Gasteiger partial charge on any atom is 0.352 e. The highest BCUT2D eigenvalue weighted by molar-refractivity contribution is 5.96. The second kappa shape index (κ2) is 3.31. The van der Waals surface area contributed by atoms with Crippen molar-refractivity contribution in [2.75, 3.05) is 0 Å². The van der Waals surface area contributed by atoms with E-state index in [4.69, 9.17) is 5.11 Å². The Labute approximate surface area is 86.2 Å². The van der Waals surface area contributed by atoms with Gasteiger partial charge < -0.3 is 15.2 Å². The first-order valence-corrected chi connectivity index (χ1v) is 4.69. The summed E-state index contributed by atoms with van der Waals surface area (Å²) >= 11 is 0. The molecule has 1 aromatic heterocycles. The minimum atomic E-state index is -1.02. The van der Waals surface area contributed by atoms with Crippen LogP contribution in [0.15, 0.2) is 18.2 Å². The predicted molar refractivity (Wildman–Crippen MR) is 56.3 cm³/mol. The van der Waals surface area contributed by atoms with E-state index in [1.165, 1.54) is 6.07 Å². The number of carboxylic acids is 1. The molecule has 0 aliphatic carbocycles. The van der Waals surface area contributed by atoms with Crippen molar-refractivity contribution in [3.8, 4) is 5.75 Å². The topological polar surface area (TPSA) is 73.3 Å². The Morgan fingerprint density at radius 1 is 1.40 bits per heavy atom. The number of fused-ring (bicyclic) bond motifs is 1. The molecule has 0 radical (unpaired) electrons. The van der Waals surface area contributed by atoms with Gasteiger partial charge in [0.1, 0.15) is 11.4 Å². The molecule has 15 heavy (non-hydrogen) atoms. The van der Waals surface area contributed by atoms with E-state index >= 15 is 0 Å². The van der Waals surface area contributed by atoms with Crippen molar-refractivity contribution < 1.29 is 15.0 Å².